The standard InChI is InChI=1S/C16H16BN3O2/c1-9-10-6-4-7-12(14(10)17(21)22-9)16-15(18)11-5-2-3-8-13(11)19-20-16/h2-5,7-10,21H,6H2,1H3,(H2,18,19). The van der Waals surface area contributed by atoms with Gasteiger partial charge in [0, 0.05) is 23.0 Å². The Morgan fingerprint density at radius 1 is 1.32 bits per heavy atom. The number of fused-ring (bicyclic) bond motifs is 2. The molecule has 1 aliphatic carbocycles. The van der Waals surface area contributed by atoms with Gasteiger partial charge in [0.05, 0.1) is 11.2 Å². The third-order valence-electron chi connectivity index (χ3n) is 4.52. The topological polar surface area (TPSA) is 81.3 Å². The van der Waals surface area contributed by atoms with Crippen LogP contribution in [0.2, 0.25) is 0 Å². The highest BCUT2D eigenvalue weighted by Crippen LogP contribution is 2.41. The van der Waals surface area contributed by atoms with E-state index in [2.05, 4.69) is 16.3 Å². The maximum Gasteiger partial charge on any atom is 0.488 e. The maximum absolute atomic E-state index is 10.2. The van der Waals surface area contributed by atoms with Crippen molar-refractivity contribution in [2.45, 2.75) is 19.4 Å². The number of anilines is 1. The summed E-state index contributed by atoms with van der Waals surface area (Å²) in [6.07, 6.45) is 4.89. The van der Waals surface area contributed by atoms with Crippen LogP contribution in [0.4, 0.5) is 5.69 Å². The van der Waals surface area contributed by atoms with Gasteiger partial charge in [-0.1, -0.05) is 30.4 Å². The molecule has 1 saturated heterocycles. The molecule has 0 radical (unpaired) electrons. The van der Waals surface area contributed by atoms with Gasteiger partial charge in [-0.2, -0.15) is 0 Å². The lowest BCUT2D eigenvalue weighted by Gasteiger charge is -2.20. The summed E-state index contributed by atoms with van der Waals surface area (Å²) in [5.74, 6) is 0.169. The van der Waals surface area contributed by atoms with E-state index in [1.807, 2.05) is 37.3 Å². The number of hydrogen-bond donors (Lipinski definition) is 2. The molecule has 1 aromatic carbocycles. The fourth-order valence-corrected chi connectivity index (χ4v) is 3.38. The Kier molecular flexibility index (Phi) is 3.02. The summed E-state index contributed by atoms with van der Waals surface area (Å²) in [6, 6.07) is 7.65. The summed E-state index contributed by atoms with van der Waals surface area (Å²) in [5.41, 5.74) is 9.99. The van der Waals surface area contributed by atoms with Gasteiger partial charge in [0.1, 0.15) is 5.69 Å². The molecule has 2 unspecified atom stereocenters. The molecule has 22 heavy (non-hydrogen) atoms. The van der Waals surface area contributed by atoms with Gasteiger partial charge in [0.25, 0.3) is 0 Å². The van der Waals surface area contributed by atoms with E-state index >= 15 is 0 Å². The maximum atomic E-state index is 10.2. The van der Waals surface area contributed by atoms with E-state index in [4.69, 9.17) is 10.4 Å². The molecule has 4 rings (SSSR count). The molecule has 6 heteroatoms. The second-order valence-electron chi connectivity index (χ2n) is 5.79. The molecule has 5 nitrogen and oxygen atoms in total. The van der Waals surface area contributed by atoms with Crippen molar-refractivity contribution in [3.8, 4) is 0 Å². The van der Waals surface area contributed by atoms with E-state index in [0.29, 0.717) is 11.4 Å². The van der Waals surface area contributed by atoms with E-state index in [9.17, 15) is 5.02 Å². The lowest BCUT2D eigenvalue weighted by Crippen LogP contribution is -2.18. The van der Waals surface area contributed by atoms with Crippen molar-refractivity contribution in [2.24, 2.45) is 5.92 Å². The van der Waals surface area contributed by atoms with Gasteiger partial charge >= 0.3 is 7.12 Å². The number of aromatic nitrogens is 2. The van der Waals surface area contributed by atoms with Crippen molar-refractivity contribution in [2.75, 3.05) is 5.73 Å². The minimum absolute atomic E-state index is 0.0143. The molecular formula is C16H16BN3O2. The van der Waals surface area contributed by atoms with E-state index < -0.39 is 7.12 Å². The van der Waals surface area contributed by atoms with Crippen molar-refractivity contribution in [1.29, 1.82) is 0 Å². The normalized spacial score (nSPS) is 24.2. The summed E-state index contributed by atoms with van der Waals surface area (Å²) in [7, 11) is -0.896. The first-order valence-corrected chi connectivity index (χ1v) is 7.42. The van der Waals surface area contributed by atoms with Crippen LogP contribution in [0.25, 0.3) is 16.5 Å². The van der Waals surface area contributed by atoms with Gasteiger partial charge in [-0.25, -0.2) is 0 Å². The highest BCUT2D eigenvalue weighted by molar-refractivity contribution is 6.55. The molecule has 1 fully saturated rings. The average molecular weight is 293 g/mol. The monoisotopic (exact) mass is 293 g/mol. The zero-order valence-electron chi connectivity index (χ0n) is 12.2. The quantitative estimate of drug-likeness (QED) is 0.786. The zero-order chi connectivity index (χ0) is 15.3. The molecule has 2 aliphatic rings. The highest BCUT2D eigenvalue weighted by Gasteiger charge is 2.43. The molecule has 3 N–H and O–H groups in total. The van der Waals surface area contributed by atoms with Gasteiger partial charge in [-0.3, -0.25) is 0 Å². The second kappa shape index (κ2) is 4.93. The summed E-state index contributed by atoms with van der Waals surface area (Å²) in [4.78, 5) is 0. The van der Waals surface area contributed by atoms with Crippen molar-refractivity contribution in [3.05, 3.63) is 47.6 Å². The van der Waals surface area contributed by atoms with Gasteiger partial charge in [0.2, 0.25) is 0 Å². The van der Waals surface area contributed by atoms with E-state index in [1.54, 1.807) is 0 Å². The summed E-state index contributed by atoms with van der Waals surface area (Å²) < 4.78 is 5.56. The SMILES string of the molecule is CC1OB(O)C2=C(c3nnc4ccccc4c3N)C=CCC21. The number of nitrogens with zero attached hydrogens (tertiary/aromatic N) is 2. The first-order chi connectivity index (χ1) is 10.7. The second-order valence-corrected chi connectivity index (χ2v) is 5.79. The first kappa shape index (κ1) is 13.5. The van der Waals surface area contributed by atoms with Crippen LogP contribution in [-0.2, 0) is 4.65 Å². The third kappa shape index (κ3) is 1.88. The number of rotatable bonds is 1. The van der Waals surface area contributed by atoms with Crippen molar-refractivity contribution in [3.63, 3.8) is 0 Å². The number of benzene rings is 1. The molecule has 0 amide bonds. The fourth-order valence-electron chi connectivity index (χ4n) is 3.38. The summed E-state index contributed by atoms with van der Waals surface area (Å²) >= 11 is 0. The van der Waals surface area contributed by atoms with E-state index in [1.165, 1.54) is 0 Å². The Morgan fingerprint density at radius 2 is 2.14 bits per heavy atom. The minimum atomic E-state index is -0.896. The predicted octanol–water partition coefficient (Wildman–Crippen LogP) is 1.98. The van der Waals surface area contributed by atoms with Crippen LogP contribution in [0.3, 0.4) is 0 Å². The van der Waals surface area contributed by atoms with E-state index in [-0.39, 0.29) is 12.0 Å². The Bertz CT molecular complexity index is 818. The average Bonchev–Trinajstić information content (AvgIpc) is 2.83. The zero-order valence-corrected chi connectivity index (χ0v) is 12.2. The molecule has 0 saturated carbocycles. The van der Waals surface area contributed by atoms with Crippen LogP contribution in [0, 0.1) is 5.92 Å². The molecule has 2 aromatic rings. The van der Waals surface area contributed by atoms with Gasteiger partial charge < -0.3 is 15.4 Å². The van der Waals surface area contributed by atoms with E-state index in [0.717, 1.165) is 28.4 Å². The Labute approximate surface area is 128 Å². The predicted molar refractivity (Wildman–Crippen MR) is 86.6 cm³/mol. The molecule has 1 aliphatic heterocycles. The lowest BCUT2D eigenvalue weighted by atomic mass is 9.68. The number of nitrogens with two attached hydrogens (primary N) is 1. The minimum Gasteiger partial charge on any atom is -0.423 e. The van der Waals surface area contributed by atoms with Crippen molar-refractivity contribution < 1.29 is 9.68 Å². The van der Waals surface area contributed by atoms with Gasteiger partial charge in [-0.15, -0.1) is 10.2 Å². The highest BCUT2D eigenvalue weighted by atomic mass is 16.5. The molecule has 2 atom stereocenters. The van der Waals surface area contributed by atoms with Crippen LogP contribution in [0.1, 0.15) is 19.0 Å². The lowest BCUT2D eigenvalue weighted by molar-refractivity contribution is 0.183. The molecule has 0 spiro atoms. The van der Waals surface area contributed by atoms with Gasteiger partial charge in [0.15, 0.2) is 0 Å². The number of allylic oxidation sites excluding steroid dienone is 3. The molecule has 0 bridgehead atoms. The molecular weight excluding hydrogens is 277 g/mol. The van der Waals surface area contributed by atoms with Crippen molar-refractivity contribution in [1.82, 2.24) is 10.2 Å². The molecule has 1 aromatic heterocycles. The van der Waals surface area contributed by atoms with Crippen LogP contribution >= 0.6 is 0 Å². The van der Waals surface area contributed by atoms with Gasteiger partial charge in [-0.05, 0) is 24.9 Å². The van der Waals surface area contributed by atoms with Crippen molar-refractivity contribution >= 4 is 29.3 Å². The number of hydrogen-bond acceptors (Lipinski definition) is 5. The van der Waals surface area contributed by atoms with Crippen LogP contribution < -0.4 is 5.73 Å². The smallest absolute Gasteiger partial charge is 0.423 e. The van der Waals surface area contributed by atoms with Crippen LogP contribution in [0.15, 0.2) is 41.9 Å². The number of nitrogen functional groups attached to an aromatic ring is 1. The molecule has 110 valence electrons. The van der Waals surface area contributed by atoms with Crippen LogP contribution in [0.5, 0.6) is 0 Å². The molecule has 2 heterocycles. The Balaban J connectivity index is 1.95. The summed E-state index contributed by atoms with van der Waals surface area (Å²) in [5, 5.41) is 19.7. The Morgan fingerprint density at radius 3 is 3.00 bits per heavy atom. The summed E-state index contributed by atoms with van der Waals surface area (Å²) in [6.45, 7) is 1.98. The Hall–Kier alpha value is -2.18. The fraction of sp³-hybridized carbons (Fsp3) is 0.250. The largest absolute Gasteiger partial charge is 0.488 e. The third-order valence-corrected chi connectivity index (χ3v) is 4.52. The first-order valence-electron chi connectivity index (χ1n) is 7.42. The van der Waals surface area contributed by atoms with Crippen LogP contribution in [-0.4, -0.2) is 28.4 Å².